The number of carbonyl (C=O) groups is 1. The summed E-state index contributed by atoms with van der Waals surface area (Å²) in [5.41, 5.74) is 16.1. The van der Waals surface area contributed by atoms with Crippen LogP contribution in [0.15, 0.2) is 17.7 Å². The van der Waals surface area contributed by atoms with Crippen molar-refractivity contribution in [2.75, 3.05) is 0 Å². The number of primary amides is 1. The first-order chi connectivity index (χ1) is 6.74. The Bertz CT molecular complexity index is 339. The lowest BCUT2D eigenvalue weighted by molar-refractivity contribution is -0.120. The quantitative estimate of drug-likeness (QED) is 0.256. The number of azide groups is 1. The molecule has 1 aromatic rings. The number of carbonyl (C=O) groups excluding carboxylic acids is 1. The summed E-state index contributed by atoms with van der Waals surface area (Å²) < 4.78 is 0. The van der Waals surface area contributed by atoms with Crippen molar-refractivity contribution in [1.82, 2.24) is 15.4 Å². The Kier molecular flexibility index (Phi) is 3.33. The number of nitrogens with zero attached hydrogens (tertiary/aromatic N) is 4. The second-order valence-corrected chi connectivity index (χ2v) is 2.55. The van der Waals surface area contributed by atoms with Gasteiger partial charge in [0.25, 0.3) is 5.91 Å². The predicted octanol–water partition coefficient (Wildman–Crippen LogP) is -0.379. The molecule has 0 saturated carbocycles. The van der Waals surface area contributed by atoms with Gasteiger partial charge in [-0.15, -0.1) is 5.53 Å². The number of aromatic amines is 1. The normalized spacial score (nSPS) is 11.4. The van der Waals surface area contributed by atoms with Crippen LogP contribution in [0.4, 0.5) is 0 Å². The number of H-pyrrole nitrogens is 1. The Labute approximate surface area is 79.1 Å². The van der Waals surface area contributed by atoms with Crippen molar-refractivity contribution in [3.8, 4) is 0 Å². The fourth-order valence-electron chi connectivity index (χ4n) is 0.922. The van der Waals surface area contributed by atoms with Crippen molar-refractivity contribution in [3.63, 3.8) is 0 Å². The van der Waals surface area contributed by atoms with E-state index in [-0.39, 0.29) is 0 Å². The second kappa shape index (κ2) is 4.73. The van der Waals surface area contributed by atoms with E-state index < -0.39 is 11.9 Å². The molecule has 0 aliphatic carbocycles. The summed E-state index contributed by atoms with van der Waals surface area (Å²) in [5.74, 6) is -0.591. The minimum absolute atomic E-state index is 0.300. The summed E-state index contributed by atoms with van der Waals surface area (Å²) in [7, 11) is 0. The molecule has 14 heavy (non-hydrogen) atoms. The van der Waals surface area contributed by atoms with Crippen LogP contribution in [0, 0.1) is 0 Å². The van der Waals surface area contributed by atoms with Crippen molar-refractivity contribution in [2.24, 2.45) is 11.0 Å². The lowest BCUT2D eigenvalue weighted by Gasteiger charge is -2.06. The van der Waals surface area contributed by atoms with Crippen molar-refractivity contribution >= 4 is 5.91 Å². The van der Waals surface area contributed by atoms with E-state index >= 15 is 0 Å². The molecule has 8 nitrogen and oxygen atoms in total. The number of hydrogen-bond acceptors (Lipinski definition) is 3. The van der Waals surface area contributed by atoms with Crippen molar-refractivity contribution < 1.29 is 4.79 Å². The molecule has 1 aromatic heterocycles. The molecule has 0 aliphatic heterocycles. The molecule has 1 atom stereocenters. The van der Waals surface area contributed by atoms with Gasteiger partial charge in [-0.1, -0.05) is 0 Å². The Morgan fingerprint density at radius 3 is 3.21 bits per heavy atom. The highest BCUT2D eigenvalue weighted by atomic mass is 16.1. The van der Waals surface area contributed by atoms with Gasteiger partial charge in [-0.05, 0) is 5.22 Å². The Morgan fingerprint density at radius 2 is 2.71 bits per heavy atom. The topological polar surface area (TPSA) is 133 Å². The SMILES string of the molecule is [N-]=[N+]=NN[C@@H](Cc1cnc[nH]1)C(N)=O. The summed E-state index contributed by atoms with van der Waals surface area (Å²) in [6.07, 6.45) is 3.35. The average Bonchev–Trinajstić information content (AvgIpc) is 2.64. The molecule has 0 aromatic carbocycles. The molecule has 0 bridgehead atoms. The third-order valence-electron chi connectivity index (χ3n) is 1.58. The molecule has 1 heterocycles. The molecule has 0 fully saturated rings. The second-order valence-electron chi connectivity index (χ2n) is 2.55. The van der Waals surface area contributed by atoms with Gasteiger partial charge < -0.3 is 10.7 Å². The van der Waals surface area contributed by atoms with Crippen LogP contribution in [0.5, 0.6) is 0 Å². The third-order valence-corrected chi connectivity index (χ3v) is 1.58. The molecule has 74 valence electrons. The molecule has 0 aliphatic rings. The summed E-state index contributed by atoms with van der Waals surface area (Å²) in [5, 5.41) is 3.07. The van der Waals surface area contributed by atoms with Crippen LogP contribution < -0.4 is 11.2 Å². The van der Waals surface area contributed by atoms with Gasteiger partial charge in [0.2, 0.25) is 0 Å². The largest absolute Gasteiger partial charge is 0.366 e. The van der Waals surface area contributed by atoms with Crippen LogP contribution in [-0.2, 0) is 11.2 Å². The van der Waals surface area contributed by atoms with Crippen LogP contribution in [0.3, 0.4) is 0 Å². The van der Waals surface area contributed by atoms with Gasteiger partial charge in [0.1, 0.15) is 0 Å². The average molecular weight is 195 g/mol. The van der Waals surface area contributed by atoms with E-state index in [0.717, 1.165) is 5.69 Å². The number of hydrogen-bond donors (Lipinski definition) is 3. The first-order valence-electron chi connectivity index (χ1n) is 3.80. The molecule has 1 amide bonds. The molecular weight excluding hydrogens is 186 g/mol. The van der Waals surface area contributed by atoms with Gasteiger partial charge in [0, 0.05) is 18.3 Å². The Morgan fingerprint density at radius 1 is 1.93 bits per heavy atom. The maximum Gasteiger partial charge on any atom is 0.263 e. The van der Waals surface area contributed by atoms with Gasteiger partial charge >= 0.3 is 0 Å². The van der Waals surface area contributed by atoms with E-state index in [9.17, 15) is 4.79 Å². The highest BCUT2D eigenvalue weighted by molar-refractivity contribution is 5.80. The lowest BCUT2D eigenvalue weighted by Crippen LogP contribution is -2.40. The standard InChI is InChI=1S/C6H9N7O/c7-6(14)5(11-13-12-8)1-4-2-9-3-10-4/h2-3,5,11H,1H2,(H2,7,14)(H,9,10)/t5-/m0/s1. The molecular formula is C6H9N7O. The highest BCUT2D eigenvalue weighted by Gasteiger charge is 2.18. The third kappa shape index (κ3) is 2.68. The number of nitrogens with two attached hydrogens (primary N) is 1. The van der Waals surface area contributed by atoms with Gasteiger partial charge in [-0.2, -0.15) is 4.91 Å². The number of amides is 1. The smallest absolute Gasteiger partial charge is 0.263 e. The molecule has 0 spiro atoms. The van der Waals surface area contributed by atoms with Crippen molar-refractivity contribution in [2.45, 2.75) is 12.5 Å². The predicted molar refractivity (Wildman–Crippen MR) is 47.6 cm³/mol. The van der Waals surface area contributed by atoms with E-state index in [4.69, 9.17) is 11.3 Å². The van der Waals surface area contributed by atoms with E-state index in [1.54, 1.807) is 6.20 Å². The fourth-order valence-corrected chi connectivity index (χ4v) is 0.922. The van der Waals surface area contributed by atoms with E-state index in [1.807, 2.05) is 0 Å². The van der Waals surface area contributed by atoms with Crippen LogP contribution in [0.25, 0.3) is 10.4 Å². The summed E-state index contributed by atoms with van der Waals surface area (Å²) in [6, 6.07) is -0.730. The van der Waals surface area contributed by atoms with Gasteiger partial charge in [0.05, 0.1) is 6.33 Å². The number of rotatable bonds is 5. The lowest BCUT2D eigenvalue weighted by atomic mass is 10.2. The van der Waals surface area contributed by atoms with Crippen LogP contribution >= 0.6 is 0 Å². The Hall–Kier alpha value is -2.21. The van der Waals surface area contributed by atoms with E-state index in [1.165, 1.54) is 6.33 Å². The van der Waals surface area contributed by atoms with Crippen molar-refractivity contribution in [3.05, 3.63) is 28.7 Å². The monoisotopic (exact) mass is 195 g/mol. The fraction of sp³-hybridized carbons (Fsp3) is 0.333. The maximum absolute atomic E-state index is 10.9. The maximum atomic E-state index is 10.9. The number of nitrogens with one attached hydrogen (secondary N) is 2. The van der Waals surface area contributed by atoms with Crippen molar-refractivity contribution in [1.29, 1.82) is 0 Å². The zero-order valence-corrected chi connectivity index (χ0v) is 7.21. The molecule has 1 rings (SSSR count). The number of aromatic nitrogens is 2. The van der Waals surface area contributed by atoms with Gasteiger partial charge in [-0.3, -0.25) is 4.79 Å². The number of imidazole rings is 1. The van der Waals surface area contributed by atoms with Crippen LogP contribution in [0.2, 0.25) is 0 Å². The van der Waals surface area contributed by atoms with Crippen LogP contribution in [0.1, 0.15) is 5.69 Å². The molecule has 0 radical (unpaired) electrons. The first-order valence-corrected chi connectivity index (χ1v) is 3.80. The molecule has 0 saturated heterocycles. The molecule has 0 unspecified atom stereocenters. The minimum Gasteiger partial charge on any atom is -0.366 e. The Balaban J connectivity index is 2.60. The zero-order chi connectivity index (χ0) is 10.4. The molecule has 4 N–H and O–H groups in total. The summed E-state index contributed by atoms with van der Waals surface area (Å²) >= 11 is 0. The van der Waals surface area contributed by atoms with E-state index in [2.05, 4.69) is 25.5 Å². The minimum atomic E-state index is -0.730. The highest BCUT2D eigenvalue weighted by Crippen LogP contribution is 1.97. The van der Waals surface area contributed by atoms with Gasteiger partial charge in [0.15, 0.2) is 6.04 Å². The summed E-state index contributed by atoms with van der Waals surface area (Å²) in [4.78, 5) is 19.9. The van der Waals surface area contributed by atoms with Gasteiger partial charge in [-0.25, -0.2) is 10.4 Å². The molecule has 8 heteroatoms. The summed E-state index contributed by atoms with van der Waals surface area (Å²) in [6.45, 7) is 0. The van der Waals surface area contributed by atoms with Crippen LogP contribution in [-0.4, -0.2) is 21.9 Å². The van der Waals surface area contributed by atoms with E-state index in [0.29, 0.717) is 6.42 Å². The zero-order valence-electron chi connectivity index (χ0n) is 7.21. The first kappa shape index (κ1) is 9.87.